The number of halogens is 1. The molecule has 30 heavy (non-hydrogen) atoms. The molecular formula is C20H24ClN5O4. The number of nitro groups is 1. The van der Waals surface area contributed by atoms with Gasteiger partial charge in [-0.15, -0.1) is 0 Å². The van der Waals surface area contributed by atoms with Crippen LogP contribution in [0.4, 0.5) is 16.2 Å². The van der Waals surface area contributed by atoms with E-state index in [1.165, 1.54) is 18.2 Å². The fraction of sp³-hybridized carbons (Fsp3) is 0.300. The quantitative estimate of drug-likeness (QED) is 0.250. The second-order valence-corrected chi connectivity index (χ2v) is 7.41. The first-order valence-electron chi connectivity index (χ1n) is 9.14. The molecule has 0 aliphatic carbocycles. The third kappa shape index (κ3) is 6.16. The number of carbonyl (C=O) groups is 1. The molecule has 4 N–H and O–H groups in total. The van der Waals surface area contributed by atoms with Crippen molar-refractivity contribution in [1.29, 1.82) is 0 Å². The van der Waals surface area contributed by atoms with Crippen LogP contribution in [-0.4, -0.2) is 29.8 Å². The topological polar surface area (TPSA) is 132 Å². The van der Waals surface area contributed by atoms with Gasteiger partial charge in [-0.1, -0.05) is 35.0 Å². The van der Waals surface area contributed by atoms with Gasteiger partial charge >= 0.3 is 6.03 Å². The summed E-state index contributed by atoms with van der Waals surface area (Å²) >= 11 is 5.80. The normalized spacial score (nSPS) is 11.7. The van der Waals surface area contributed by atoms with E-state index < -0.39 is 16.5 Å². The van der Waals surface area contributed by atoms with Gasteiger partial charge in [-0.3, -0.25) is 10.1 Å². The van der Waals surface area contributed by atoms with Gasteiger partial charge in [-0.2, -0.15) is 0 Å². The molecule has 0 aromatic heterocycles. The zero-order valence-electron chi connectivity index (χ0n) is 16.9. The Bertz CT molecular complexity index is 962. The largest absolute Gasteiger partial charge is 0.394 e. The first-order chi connectivity index (χ1) is 14.1. The molecule has 160 valence electrons. The van der Waals surface area contributed by atoms with Gasteiger partial charge in [0, 0.05) is 18.3 Å². The fourth-order valence-corrected chi connectivity index (χ4v) is 2.82. The lowest BCUT2D eigenvalue weighted by molar-refractivity contribution is -0.384. The number of carbonyl (C=O) groups excluding carboxylic acids is 1. The molecule has 10 heteroatoms. The number of anilines is 1. The van der Waals surface area contributed by atoms with Crippen LogP contribution in [0.15, 0.2) is 47.6 Å². The number of rotatable bonds is 8. The van der Waals surface area contributed by atoms with Gasteiger partial charge in [0.1, 0.15) is 11.6 Å². The zero-order valence-corrected chi connectivity index (χ0v) is 17.7. The number of urea groups is 1. The van der Waals surface area contributed by atoms with Crippen molar-refractivity contribution in [3.05, 3.63) is 68.7 Å². The molecule has 0 heterocycles. The maximum Gasteiger partial charge on any atom is 0.319 e. The molecule has 0 radical (unpaired) electrons. The Morgan fingerprint density at radius 1 is 1.30 bits per heavy atom. The van der Waals surface area contributed by atoms with Crippen molar-refractivity contribution in [2.45, 2.75) is 26.3 Å². The number of oxime groups is 1. The van der Waals surface area contributed by atoms with E-state index in [1.54, 1.807) is 0 Å². The molecule has 0 saturated heterocycles. The highest BCUT2D eigenvalue weighted by Crippen LogP contribution is 2.27. The highest BCUT2D eigenvalue weighted by molar-refractivity contribution is 6.32. The van der Waals surface area contributed by atoms with E-state index in [4.69, 9.17) is 22.2 Å². The maximum atomic E-state index is 12.5. The van der Waals surface area contributed by atoms with Crippen LogP contribution < -0.4 is 16.4 Å². The SMILES string of the molecule is C/C(=N/OCCN)c1cccc(C(C)(C)NC(=O)Nc2ccc(Cl)c([N+](=O)[O-])c2)c1. The van der Waals surface area contributed by atoms with Gasteiger partial charge in [0.15, 0.2) is 0 Å². The monoisotopic (exact) mass is 433 g/mol. The number of amides is 2. The highest BCUT2D eigenvalue weighted by atomic mass is 35.5. The Morgan fingerprint density at radius 2 is 2.03 bits per heavy atom. The smallest absolute Gasteiger partial charge is 0.319 e. The molecule has 0 atom stereocenters. The molecule has 0 aliphatic heterocycles. The van der Waals surface area contributed by atoms with Gasteiger partial charge in [0.25, 0.3) is 5.69 Å². The van der Waals surface area contributed by atoms with Gasteiger partial charge in [-0.05, 0) is 50.1 Å². The minimum Gasteiger partial charge on any atom is -0.394 e. The van der Waals surface area contributed by atoms with Crippen LogP contribution in [0.5, 0.6) is 0 Å². The Morgan fingerprint density at radius 3 is 2.70 bits per heavy atom. The predicted octanol–water partition coefficient (Wildman–Crippen LogP) is 4.00. The molecule has 9 nitrogen and oxygen atoms in total. The van der Waals surface area contributed by atoms with Crippen LogP contribution in [0.25, 0.3) is 0 Å². The summed E-state index contributed by atoms with van der Waals surface area (Å²) in [7, 11) is 0. The second kappa shape index (κ2) is 10.0. The average Bonchev–Trinajstić information content (AvgIpc) is 2.69. The summed E-state index contributed by atoms with van der Waals surface area (Å²) < 4.78 is 0. The third-order valence-corrected chi connectivity index (χ3v) is 4.56. The molecule has 0 unspecified atom stereocenters. The second-order valence-electron chi connectivity index (χ2n) is 7.01. The van der Waals surface area contributed by atoms with E-state index in [-0.39, 0.29) is 16.4 Å². The average molecular weight is 434 g/mol. The van der Waals surface area contributed by atoms with Crippen molar-refractivity contribution >= 4 is 34.7 Å². The molecule has 2 aromatic carbocycles. The van der Waals surface area contributed by atoms with Gasteiger partial charge in [-0.25, -0.2) is 4.79 Å². The van der Waals surface area contributed by atoms with Crippen molar-refractivity contribution in [3.63, 3.8) is 0 Å². The lowest BCUT2D eigenvalue weighted by atomic mass is 9.92. The van der Waals surface area contributed by atoms with Crippen LogP contribution in [0.3, 0.4) is 0 Å². The highest BCUT2D eigenvalue weighted by Gasteiger charge is 2.24. The minimum absolute atomic E-state index is 0.00409. The molecule has 0 spiro atoms. The molecule has 2 amide bonds. The summed E-state index contributed by atoms with van der Waals surface area (Å²) in [5.74, 6) is 0. The van der Waals surface area contributed by atoms with Gasteiger partial charge in [0.05, 0.1) is 16.2 Å². The fourth-order valence-electron chi connectivity index (χ4n) is 2.63. The Labute approximate surface area is 179 Å². The molecule has 0 saturated carbocycles. The minimum atomic E-state index is -0.739. The molecular weight excluding hydrogens is 410 g/mol. The lowest BCUT2D eigenvalue weighted by Crippen LogP contribution is -2.43. The van der Waals surface area contributed by atoms with E-state index in [1.807, 2.05) is 45.0 Å². The predicted molar refractivity (Wildman–Crippen MR) is 117 cm³/mol. The van der Waals surface area contributed by atoms with Crippen molar-refractivity contribution in [2.75, 3.05) is 18.5 Å². The summed E-state index contributed by atoms with van der Waals surface area (Å²) in [4.78, 5) is 28.0. The van der Waals surface area contributed by atoms with Gasteiger partial charge < -0.3 is 21.2 Å². The number of nitrogens with zero attached hydrogens (tertiary/aromatic N) is 2. The number of nitrogens with one attached hydrogen (secondary N) is 2. The first kappa shape index (κ1) is 23.1. The van der Waals surface area contributed by atoms with E-state index in [9.17, 15) is 14.9 Å². The Kier molecular flexibility index (Phi) is 7.73. The summed E-state index contributed by atoms with van der Waals surface area (Å²) in [5, 5.41) is 20.5. The van der Waals surface area contributed by atoms with E-state index in [0.717, 1.165) is 11.1 Å². The lowest BCUT2D eigenvalue weighted by Gasteiger charge is -2.27. The first-order valence-corrected chi connectivity index (χ1v) is 9.52. The number of hydrogen-bond acceptors (Lipinski definition) is 6. The van der Waals surface area contributed by atoms with E-state index >= 15 is 0 Å². The Hall–Kier alpha value is -3.17. The Balaban J connectivity index is 2.13. The summed E-state index contributed by atoms with van der Waals surface area (Å²) in [6.45, 7) is 6.20. The third-order valence-electron chi connectivity index (χ3n) is 4.24. The van der Waals surface area contributed by atoms with Crippen molar-refractivity contribution in [1.82, 2.24) is 5.32 Å². The molecule has 2 aromatic rings. The molecule has 2 rings (SSSR count). The summed E-state index contributed by atoms with van der Waals surface area (Å²) in [5.41, 5.74) is 6.98. The molecule has 0 aliphatic rings. The molecule has 0 fully saturated rings. The summed E-state index contributed by atoms with van der Waals surface area (Å²) in [6, 6.07) is 11.1. The van der Waals surface area contributed by atoms with E-state index in [0.29, 0.717) is 18.9 Å². The van der Waals surface area contributed by atoms with Crippen LogP contribution >= 0.6 is 11.6 Å². The van der Waals surface area contributed by atoms with Crippen molar-refractivity contribution in [3.8, 4) is 0 Å². The standard InChI is InChI=1S/C20H24ClN5O4/c1-13(25-30-10-9-22)14-5-4-6-15(11-14)20(2,3)24-19(27)23-16-7-8-17(21)18(12-16)26(28)29/h4-8,11-12H,9-10,22H2,1-3H3,(H2,23,24,27)/b25-13-. The van der Waals surface area contributed by atoms with Crippen LogP contribution in [0.2, 0.25) is 5.02 Å². The number of nitrogens with two attached hydrogens (primary N) is 1. The van der Waals surface area contributed by atoms with Gasteiger partial charge in [0.2, 0.25) is 0 Å². The zero-order chi connectivity index (χ0) is 22.3. The van der Waals surface area contributed by atoms with Crippen LogP contribution in [0, 0.1) is 10.1 Å². The number of benzene rings is 2. The number of nitro benzene ring substituents is 1. The van der Waals surface area contributed by atoms with Crippen molar-refractivity contribution in [2.24, 2.45) is 10.9 Å². The number of hydrogen-bond donors (Lipinski definition) is 3. The van der Waals surface area contributed by atoms with Crippen LogP contribution in [-0.2, 0) is 10.4 Å². The van der Waals surface area contributed by atoms with Crippen LogP contribution in [0.1, 0.15) is 31.9 Å². The molecule has 0 bridgehead atoms. The maximum absolute atomic E-state index is 12.5. The van der Waals surface area contributed by atoms with Crippen molar-refractivity contribution < 1.29 is 14.6 Å². The summed E-state index contributed by atoms with van der Waals surface area (Å²) in [6.07, 6.45) is 0. The van der Waals surface area contributed by atoms with E-state index in [2.05, 4.69) is 15.8 Å².